The van der Waals surface area contributed by atoms with Gasteiger partial charge in [-0.15, -0.1) is 0 Å². The Kier molecular flexibility index (Phi) is 7.23. The average Bonchev–Trinajstić information content (AvgIpc) is 2.33. The van der Waals surface area contributed by atoms with Crippen molar-refractivity contribution in [1.29, 1.82) is 0 Å². The van der Waals surface area contributed by atoms with E-state index in [4.69, 9.17) is 10.6 Å². The Bertz CT molecular complexity index is 300. The summed E-state index contributed by atoms with van der Waals surface area (Å²) in [5, 5.41) is 0. The molecule has 17 heavy (non-hydrogen) atoms. The van der Waals surface area contributed by atoms with Gasteiger partial charge in [0, 0.05) is 18.9 Å². The lowest BCUT2D eigenvalue weighted by Gasteiger charge is -2.35. The minimum Gasteiger partial charge on any atom is -0.377 e. The molecule has 0 rings (SSSR count). The molecule has 104 valence electrons. The second-order valence-corrected chi connectivity index (χ2v) is 6.94. The van der Waals surface area contributed by atoms with Gasteiger partial charge >= 0.3 is 0 Å². The minimum atomic E-state index is -2.89. The first-order valence-electron chi connectivity index (χ1n) is 6.07. The van der Waals surface area contributed by atoms with Crippen LogP contribution in [0.3, 0.4) is 0 Å². The molecule has 0 saturated heterocycles. The molecule has 0 aliphatic rings. The predicted molar refractivity (Wildman–Crippen MR) is 70.4 cm³/mol. The van der Waals surface area contributed by atoms with E-state index in [0.717, 1.165) is 6.42 Å². The van der Waals surface area contributed by atoms with E-state index in [2.05, 4.69) is 5.43 Å². The van der Waals surface area contributed by atoms with Crippen LogP contribution in [0, 0.1) is 0 Å². The second kappa shape index (κ2) is 7.31. The van der Waals surface area contributed by atoms with E-state index in [9.17, 15) is 8.42 Å². The molecule has 0 bridgehead atoms. The number of methoxy groups -OCH3 is 1. The van der Waals surface area contributed by atoms with Gasteiger partial charge in [-0.05, 0) is 26.2 Å². The Labute approximate surface area is 105 Å². The molecule has 3 N–H and O–H groups in total. The molecule has 5 nitrogen and oxygen atoms in total. The number of sulfone groups is 1. The van der Waals surface area contributed by atoms with E-state index in [-0.39, 0.29) is 23.1 Å². The number of nitrogens with two attached hydrogens (primary N) is 1. The molecule has 2 atom stereocenters. The zero-order chi connectivity index (χ0) is 13.5. The summed E-state index contributed by atoms with van der Waals surface area (Å²) in [4.78, 5) is 0. The minimum absolute atomic E-state index is 0.0374. The lowest BCUT2D eigenvalue weighted by atomic mass is 9.90. The number of hydrogen-bond donors (Lipinski definition) is 2. The van der Waals surface area contributed by atoms with Crippen molar-refractivity contribution in [3.63, 3.8) is 0 Å². The Morgan fingerprint density at radius 1 is 1.41 bits per heavy atom. The molecule has 0 fully saturated rings. The summed E-state index contributed by atoms with van der Waals surface area (Å²) in [5.74, 6) is 5.92. The number of ether oxygens (including phenoxy) is 1. The van der Waals surface area contributed by atoms with E-state index in [0.29, 0.717) is 12.8 Å². The Morgan fingerprint density at radius 2 is 2.00 bits per heavy atom. The normalized spacial score (nSPS) is 17.7. The van der Waals surface area contributed by atoms with Gasteiger partial charge in [-0.1, -0.05) is 13.8 Å². The number of nitrogens with one attached hydrogen (secondary N) is 1. The molecular weight excluding hydrogens is 240 g/mol. The van der Waals surface area contributed by atoms with E-state index < -0.39 is 9.84 Å². The van der Waals surface area contributed by atoms with Gasteiger partial charge in [-0.2, -0.15) is 0 Å². The summed E-state index contributed by atoms with van der Waals surface area (Å²) in [5.41, 5.74) is 2.37. The van der Waals surface area contributed by atoms with E-state index >= 15 is 0 Å². The van der Waals surface area contributed by atoms with Crippen molar-refractivity contribution < 1.29 is 13.2 Å². The number of hydrazine groups is 1. The summed E-state index contributed by atoms with van der Waals surface area (Å²) in [6.45, 7) is 5.67. The molecule has 2 unspecified atom stereocenters. The molecule has 0 saturated carbocycles. The smallest absolute Gasteiger partial charge is 0.150 e. The third-order valence-electron chi connectivity index (χ3n) is 3.49. The van der Waals surface area contributed by atoms with E-state index in [1.165, 1.54) is 0 Å². The lowest BCUT2D eigenvalue weighted by molar-refractivity contribution is -0.0312. The summed E-state index contributed by atoms with van der Waals surface area (Å²) in [6, 6.07) is -0.0374. The topological polar surface area (TPSA) is 81.4 Å². The van der Waals surface area contributed by atoms with Crippen LogP contribution in [-0.4, -0.2) is 38.7 Å². The molecule has 0 aromatic carbocycles. The molecule has 0 aliphatic heterocycles. The van der Waals surface area contributed by atoms with Crippen LogP contribution >= 0.6 is 0 Å². The van der Waals surface area contributed by atoms with Crippen LogP contribution in [0.2, 0.25) is 0 Å². The van der Waals surface area contributed by atoms with Crippen LogP contribution in [0.4, 0.5) is 0 Å². The fourth-order valence-corrected chi connectivity index (χ4v) is 2.64. The quantitative estimate of drug-likeness (QED) is 0.477. The van der Waals surface area contributed by atoms with Crippen molar-refractivity contribution in [3.05, 3.63) is 0 Å². The zero-order valence-electron chi connectivity index (χ0n) is 11.3. The zero-order valence-corrected chi connectivity index (χ0v) is 12.1. The summed E-state index contributed by atoms with van der Waals surface area (Å²) in [6.07, 6.45) is 2.11. The van der Waals surface area contributed by atoms with Gasteiger partial charge in [0.15, 0.2) is 0 Å². The maximum Gasteiger partial charge on any atom is 0.150 e. The van der Waals surface area contributed by atoms with E-state index in [1.807, 2.05) is 13.8 Å². The molecule has 0 aromatic rings. The first kappa shape index (κ1) is 16.8. The molecule has 0 aliphatic carbocycles. The highest BCUT2D eigenvalue weighted by Crippen LogP contribution is 2.22. The van der Waals surface area contributed by atoms with Gasteiger partial charge in [-0.25, -0.2) is 8.42 Å². The van der Waals surface area contributed by atoms with Crippen LogP contribution in [0.5, 0.6) is 0 Å². The summed E-state index contributed by atoms with van der Waals surface area (Å²) >= 11 is 0. The van der Waals surface area contributed by atoms with Crippen LogP contribution < -0.4 is 11.3 Å². The monoisotopic (exact) mass is 266 g/mol. The van der Waals surface area contributed by atoms with Crippen LogP contribution in [0.15, 0.2) is 0 Å². The predicted octanol–water partition coefficient (Wildman–Crippen LogP) is 0.848. The molecular formula is C11H26N2O3S. The molecule has 0 radical (unpaired) electrons. The SMILES string of the molecule is CCC(C)(OC)C(CCCS(=O)(=O)CC)NN. The average molecular weight is 266 g/mol. The summed E-state index contributed by atoms with van der Waals surface area (Å²) in [7, 11) is -1.24. The standard InChI is InChI=1S/C11H26N2O3S/c1-5-11(3,16-4)10(13-12)8-7-9-17(14,15)6-2/h10,13H,5-9,12H2,1-4H3. The van der Waals surface area contributed by atoms with Crippen molar-refractivity contribution in [1.82, 2.24) is 5.43 Å². The first-order valence-corrected chi connectivity index (χ1v) is 7.89. The highest BCUT2D eigenvalue weighted by atomic mass is 32.2. The Morgan fingerprint density at radius 3 is 2.35 bits per heavy atom. The fraction of sp³-hybridized carbons (Fsp3) is 1.00. The Balaban J connectivity index is 4.34. The highest BCUT2D eigenvalue weighted by Gasteiger charge is 2.31. The van der Waals surface area contributed by atoms with Crippen LogP contribution in [0.1, 0.15) is 40.0 Å². The van der Waals surface area contributed by atoms with Crippen LogP contribution in [-0.2, 0) is 14.6 Å². The molecule has 6 heteroatoms. The lowest BCUT2D eigenvalue weighted by Crippen LogP contribution is -2.52. The van der Waals surface area contributed by atoms with Gasteiger partial charge in [0.05, 0.1) is 11.4 Å². The first-order chi connectivity index (χ1) is 7.85. The van der Waals surface area contributed by atoms with Gasteiger partial charge in [0.1, 0.15) is 9.84 Å². The molecule has 0 spiro atoms. The van der Waals surface area contributed by atoms with Crippen molar-refractivity contribution in [2.24, 2.45) is 5.84 Å². The second-order valence-electron chi connectivity index (χ2n) is 4.47. The molecule has 0 amide bonds. The molecule has 0 heterocycles. The maximum absolute atomic E-state index is 11.4. The third kappa shape index (κ3) is 5.33. The van der Waals surface area contributed by atoms with Gasteiger partial charge in [-0.3, -0.25) is 11.3 Å². The number of hydrogen-bond acceptors (Lipinski definition) is 5. The highest BCUT2D eigenvalue weighted by molar-refractivity contribution is 7.91. The summed E-state index contributed by atoms with van der Waals surface area (Å²) < 4.78 is 28.2. The van der Waals surface area contributed by atoms with Gasteiger partial charge < -0.3 is 4.74 Å². The maximum atomic E-state index is 11.4. The van der Waals surface area contributed by atoms with Gasteiger partial charge in [0.2, 0.25) is 0 Å². The van der Waals surface area contributed by atoms with E-state index in [1.54, 1.807) is 14.0 Å². The number of rotatable bonds is 9. The van der Waals surface area contributed by atoms with Gasteiger partial charge in [0.25, 0.3) is 0 Å². The van der Waals surface area contributed by atoms with Crippen molar-refractivity contribution >= 4 is 9.84 Å². The fourth-order valence-electron chi connectivity index (χ4n) is 1.75. The molecule has 0 aromatic heterocycles. The van der Waals surface area contributed by atoms with Crippen LogP contribution in [0.25, 0.3) is 0 Å². The van der Waals surface area contributed by atoms with Crippen molar-refractivity contribution in [2.75, 3.05) is 18.6 Å². The third-order valence-corrected chi connectivity index (χ3v) is 5.28. The van der Waals surface area contributed by atoms with Crippen molar-refractivity contribution in [3.8, 4) is 0 Å². The Hall–Kier alpha value is -0.170. The largest absolute Gasteiger partial charge is 0.377 e. The van der Waals surface area contributed by atoms with Crippen molar-refractivity contribution in [2.45, 2.75) is 51.7 Å².